The van der Waals surface area contributed by atoms with Gasteiger partial charge in [-0.2, -0.15) is 0 Å². The van der Waals surface area contributed by atoms with E-state index < -0.39 is 11.0 Å². The Morgan fingerprint density at radius 1 is 1.47 bits per heavy atom. The summed E-state index contributed by atoms with van der Waals surface area (Å²) < 4.78 is 6.12. The minimum Gasteiger partial charge on any atom is -0.486 e. The number of rotatable bonds is 6. The van der Waals surface area contributed by atoms with Crippen LogP contribution in [0.5, 0.6) is 5.75 Å². The van der Waals surface area contributed by atoms with Crippen molar-refractivity contribution >= 4 is 21.6 Å². The Bertz CT molecular complexity index is 462. The number of nitro benzene ring substituents is 1. The summed E-state index contributed by atoms with van der Waals surface area (Å²) in [5, 5.41) is 20.8. The van der Waals surface area contributed by atoms with Gasteiger partial charge in [0.1, 0.15) is 0 Å². The van der Waals surface area contributed by atoms with Gasteiger partial charge in [0.2, 0.25) is 5.75 Å². The smallest absolute Gasteiger partial charge is 0.312 e. The first-order valence-corrected chi connectivity index (χ1v) is 6.94. The van der Waals surface area contributed by atoms with Crippen LogP contribution in [0.1, 0.15) is 38.9 Å². The van der Waals surface area contributed by atoms with Crippen molar-refractivity contribution < 1.29 is 14.8 Å². The minimum absolute atomic E-state index is 0.131. The topological polar surface area (TPSA) is 72.6 Å². The van der Waals surface area contributed by atoms with E-state index in [2.05, 4.69) is 15.9 Å². The van der Waals surface area contributed by atoms with E-state index in [1.54, 1.807) is 13.0 Å². The molecule has 0 fully saturated rings. The summed E-state index contributed by atoms with van der Waals surface area (Å²) in [6.07, 6.45) is 0.0945. The molecule has 1 aromatic rings. The maximum Gasteiger partial charge on any atom is 0.312 e. The molecule has 0 radical (unpaired) electrons. The normalized spacial score (nSPS) is 13.9. The highest BCUT2D eigenvalue weighted by Gasteiger charge is 2.23. The zero-order valence-electron chi connectivity index (χ0n) is 11.2. The van der Waals surface area contributed by atoms with Gasteiger partial charge in [0.05, 0.1) is 17.6 Å². The molecule has 1 N–H and O–H groups in total. The fourth-order valence-electron chi connectivity index (χ4n) is 1.55. The average molecular weight is 332 g/mol. The summed E-state index contributed by atoms with van der Waals surface area (Å²) in [5.74, 6) is 0.452. The van der Waals surface area contributed by atoms with Crippen LogP contribution in [-0.2, 0) is 0 Å². The molecule has 0 aliphatic rings. The van der Waals surface area contributed by atoms with Crippen molar-refractivity contribution in [1.82, 2.24) is 0 Å². The molecule has 0 aliphatic carbocycles. The number of aliphatic hydroxyl groups excluding tert-OH is 1. The molecular weight excluding hydrogens is 314 g/mol. The number of nitro groups is 1. The van der Waals surface area contributed by atoms with Gasteiger partial charge in [-0.3, -0.25) is 10.1 Å². The number of hydrogen-bond acceptors (Lipinski definition) is 4. The van der Waals surface area contributed by atoms with E-state index in [9.17, 15) is 15.2 Å². The number of aliphatic hydroxyl groups is 1. The fraction of sp³-hybridized carbons (Fsp3) is 0.538. The van der Waals surface area contributed by atoms with Crippen LogP contribution in [0.25, 0.3) is 0 Å². The van der Waals surface area contributed by atoms with E-state index in [0.29, 0.717) is 22.6 Å². The number of ether oxygens (including phenoxy) is 1. The third-order valence-corrected chi connectivity index (χ3v) is 3.38. The summed E-state index contributed by atoms with van der Waals surface area (Å²) in [4.78, 5) is 10.6. The lowest BCUT2D eigenvalue weighted by Gasteiger charge is -2.16. The molecule has 0 spiro atoms. The second kappa shape index (κ2) is 6.86. The molecule has 0 aliphatic heterocycles. The molecule has 0 saturated carbocycles. The lowest BCUT2D eigenvalue weighted by molar-refractivity contribution is -0.386. The van der Waals surface area contributed by atoms with Gasteiger partial charge in [-0.1, -0.05) is 36.2 Å². The van der Waals surface area contributed by atoms with Crippen molar-refractivity contribution in [2.75, 3.05) is 6.61 Å². The van der Waals surface area contributed by atoms with Gasteiger partial charge in [0, 0.05) is 16.1 Å². The van der Waals surface area contributed by atoms with Crippen molar-refractivity contribution in [3.05, 3.63) is 32.3 Å². The standard InChI is InChI=1S/C13H18BrNO4/c1-4-8(2)7-19-13-11(9(3)16)5-10(14)6-12(13)15(17)18/h5-6,8-9,16H,4,7H2,1-3H3/t8?,9-/m1/s1. The first-order chi connectivity index (χ1) is 8.86. The molecular formula is C13H18BrNO4. The van der Waals surface area contributed by atoms with E-state index in [-0.39, 0.29) is 11.4 Å². The summed E-state index contributed by atoms with van der Waals surface area (Å²) >= 11 is 3.21. The fourth-order valence-corrected chi connectivity index (χ4v) is 2.01. The third kappa shape index (κ3) is 4.18. The highest BCUT2D eigenvalue weighted by Crippen LogP contribution is 2.38. The van der Waals surface area contributed by atoms with E-state index in [1.807, 2.05) is 13.8 Å². The zero-order valence-corrected chi connectivity index (χ0v) is 12.8. The number of nitrogens with zero attached hydrogens (tertiary/aromatic N) is 1. The summed E-state index contributed by atoms with van der Waals surface area (Å²) in [7, 11) is 0. The molecule has 2 atom stereocenters. The Morgan fingerprint density at radius 2 is 2.11 bits per heavy atom. The monoisotopic (exact) mass is 331 g/mol. The van der Waals surface area contributed by atoms with E-state index >= 15 is 0 Å². The largest absolute Gasteiger partial charge is 0.486 e. The van der Waals surface area contributed by atoms with Gasteiger partial charge in [-0.05, 0) is 18.9 Å². The molecule has 19 heavy (non-hydrogen) atoms. The minimum atomic E-state index is -0.830. The van der Waals surface area contributed by atoms with Crippen molar-refractivity contribution in [3.63, 3.8) is 0 Å². The second-order valence-corrected chi connectivity index (χ2v) is 5.52. The van der Waals surface area contributed by atoms with E-state index in [4.69, 9.17) is 4.74 Å². The van der Waals surface area contributed by atoms with Gasteiger partial charge in [0.25, 0.3) is 0 Å². The Labute approximate surface area is 120 Å². The van der Waals surface area contributed by atoms with Gasteiger partial charge in [-0.25, -0.2) is 0 Å². The van der Waals surface area contributed by atoms with Crippen LogP contribution in [0.2, 0.25) is 0 Å². The van der Waals surface area contributed by atoms with Crippen LogP contribution in [0.4, 0.5) is 5.69 Å². The Balaban J connectivity index is 3.19. The maximum atomic E-state index is 11.1. The molecule has 5 nitrogen and oxygen atoms in total. The van der Waals surface area contributed by atoms with Crippen LogP contribution in [0, 0.1) is 16.0 Å². The molecule has 0 aromatic heterocycles. The van der Waals surface area contributed by atoms with Crippen molar-refractivity contribution in [1.29, 1.82) is 0 Å². The van der Waals surface area contributed by atoms with E-state index in [0.717, 1.165) is 6.42 Å². The average Bonchev–Trinajstić information content (AvgIpc) is 2.35. The SMILES string of the molecule is CCC(C)COc1c([C@@H](C)O)cc(Br)cc1[N+](=O)[O-]. The van der Waals surface area contributed by atoms with Crippen LogP contribution < -0.4 is 4.74 Å². The quantitative estimate of drug-likeness (QED) is 0.635. The number of halogens is 1. The van der Waals surface area contributed by atoms with Crippen LogP contribution >= 0.6 is 15.9 Å². The van der Waals surface area contributed by atoms with Gasteiger partial charge in [-0.15, -0.1) is 0 Å². The number of benzene rings is 1. The van der Waals surface area contributed by atoms with Crippen molar-refractivity contribution in [2.45, 2.75) is 33.3 Å². The molecule has 1 aromatic carbocycles. The van der Waals surface area contributed by atoms with Crippen LogP contribution in [-0.4, -0.2) is 16.6 Å². The third-order valence-electron chi connectivity index (χ3n) is 2.92. The molecule has 1 unspecified atom stereocenters. The molecule has 0 saturated heterocycles. The van der Waals surface area contributed by atoms with Crippen LogP contribution in [0.3, 0.4) is 0 Å². The Morgan fingerprint density at radius 3 is 2.58 bits per heavy atom. The summed E-state index contributed by atoms with van der Waals surface area (Å²) in [6, 6.07) is 3.03. The predicted molar refractivity (Wildman–Crippen MR) is 76.4 cm³/mol. The molecule has 106 valence electrons. The van der Waals surface area contributed by atoms with Crippen molar-refractivity contribution in [3.8, 4) is 5.75 Å². The molecule has 0 bridgehead atoms. The van der Waals surface area contributed by atoms with Gasteiger partial charge in [0.15, 0.2) is 0 Å². The first kappa shape index (κ1) is 15.9. The van der Waals surface area contributed by atoms with E-state index in [1.165, 1.54) is 6.07 Å². The maximum absolute atomic E-state index is 11.1. The summed E-state index contributed by atoms with van der Waals surface area (Å²) in [5.41, 5.74) is 0.290. The molecule has 0 heterocycles. The number of hydrogen-bond donors (Lipinski definition) is 1. The molecule has 1 rings (SSSR count). The second-order valence-electron chi connectivity index (χ2n) is 4.60. The lowest BCUT2D eigenvalue weighted by atomic mass is 10.1. The highest BCUT2D eigenvalue weighted by molar-refractivity contribution is 9.10. The Kier molecular flexibility index (Phi) is 5.75. The lowest BCUT2D eigenvalue weighted by Crippen LogP contribution is -2.11. The molecule has 0 amide bonds. The summed E-state index contributed by atoms with van der Waals surface area (Å²) in [6.45, 7) is 5.98. The Hall–Kier alpha value is -1.14. The highest BCUT2D eigenvalue weighted by atomic mass is 79.9. The van der Waals surface area contributed by atoms with Crippen LogP contribution in [0.15, 0.2) is 16.6 Å². The van der Waals surface area contributed by atoms with Gasteiger partial charge < -0.3 is 9.84 Å². The molecule has 6 heteroatoms. The first-order valence-electron chi connectivity index (χ1n) is 6.15. The van der Waals surface area contributed by atoms with Gasteiger partial charge >= 0.3 is 5.69 Å². The zero-order chi connectivity index (χ0) is 14.6. The predicted octanol–water partition coefficient (Wildman–Crippen LogP) is 3.84. The van der Waals surface area contributed by atoms with Crippen molar-refractivity contribution in [2.24, 2.45) is 5.92 Å².